The Labute approximate surface area is 295 Å². The van der Waals surface area contributed by atoms with Crippen LogP contribution in [0.4, 0.5) is 0 Å². The van der Waals surface area contributed by atoms with Gasteiger partial charge in [-0.15, -0.1) is 0 Å². The summed E-state index contributed by atoms with van der Waals surface area (Å²) < 4.78 is 46.4. The minimum atomic E-state index is -3.83. The minimum Gasteiger partial charge on any atom is -0.495 e. The Morgan fingerprint density at radius 3 is 2.63 bits per heavy atom. The van der Waals surface area contributed by atoms with E-state index in [9.17, 15) is 22.8 Å². The molecule has 0 bridgehead atoms. The average molecular weight is 762 g/mol. The largest absolute Gasteiger partial charge is 0.495 e. The monoisotopic (exact) mass is 760 g/mol. The molecule has 2 aromatic rings. The van der Waals surface area contributed by atoms with E-state index < -0.39 is 44.8 Å². The van der Waals surface area contributed by atoms with Crippen LogP contribution >= 0.6 is 15.9 Å². The number of fused-ring (bicyclic) bond motifs is 3. The summed E-state index contributed by atoms with van der Waals surface area (Å²) in [5.74, 6) is -0.650. The van der Waals surface area contributed by atoms with Crippen molar-refractivity contribution in [2.75, 3.05) is 13.7 Å². The Kier molecular flexibility index (Phi) is 10.2. The van der Waals surface area contributed by atoms with Crippen molar-refractivity contribution in [1.29, 1.82) is 0 Å². The maximum absolute atomic E-state index is 14.2. The lowest BCUT2D eigenvalue weighted by atomic mass is 10.0. The van der Waals surface area contributed by atoms with Gasteiger partial charge in [-0.2, -0.15) is 0 Å². The van der Waals surface area contributed by atoms with Gasteiger partial charge < -0.3 is 24.4 Å². The normalized spacial score (nSPS) is 28.5. The Morgan fingerprint density at radius 2 is 1.92 bits per heavy atom. The molecule has 49 heavy (non-hydrogen) atoms. The average Bonchev–Trinajstić information content (AvgIpc) is 3.97. The molecule has 3 heterocycles. The second-order valence-electron chi connectivity index (χ2n) is 14.0. The van der Waals surface area contributed by atoms with E-state index in [1.165, 1.54) is 0 Å². The predicted octanol–water partition coefficient (Wildman–Crippen LogP) is 4.78. The quantitative estimate of drug-likeness (QED) is 0.362. The summed E-state index contributed by atoms with van der Waals surface area (Å²) in [4.78, 5) is 48.0. The molecule has 4 aliphatic rings. The molecule has 0 spiro atoms. The first-order valence-corrected chi connectivity index (χ1v) is 19.5. The minimum absolute atomic E-state index is 0.151. The number of ether oxygens (including phenoxy) is 3. The van der Waals surface area contributed by atoms with Gasteiger partial charge in [0.1, 0.15) is 29.2 Å². The van der Waals surface area contributed by atoms with Crippen molar-refractivity contribution >= 4 is 54.6 Å². The topological polar surface area (TPSA) is 153 Å². The zero-order chi connectivity index (χ0) is 35.1. The molecule has 14 heteroatoms. The first kappa shape index (κ1) is 35.4. The number of hydrogen-bond donors (Lipinski definition) is 2. The summed E-state index contributed by atoms with van der Waals surface area (Å²) in [6.07, 6.45) is 8.89. The zero-order valence-corrected chi connectivity index (χ0v) is 30.8. The van der Waals surface area contributed by atoms with Crippen LogP contribution in [0.2, 0.25) is 0 Å². The molecule has 2 aliphatic carbocycles. The Hall–Kier alpha value is -3.39. The van der Waals surface area contributed by atoms with Gasteiger partial charge in [-0.3, -0.25) is 19.1 Å². The van der Waals surface area contributed by atoms with Crippen LogP contribution in [-0.2, 0) is 24.4 Å². The Bertz CT molecular complexity index is 1760. The molecule has 1 aromatic carbocycles. The van der Waals surface area contributed by atoms with E-state index in [-0.39, 0.29) is 43.2 Å². The predicted molar refractivity (Wildman–Crippen MR) is 187 cm³/mol. The molecule has 12 nitrogen and oxygen atoms in total. The number of carbonyl (C=O) groups is 3. The van der Waals surface area contributed by atoms with Gasteiger partial charge in [0.2, 0.25) is 27.7 Å². The van der Waals surface area contributed by atoms with E-state index in [4.69, 9.17) is 14.2 Å². The molecule has 0 unspecified atom stereocenters. The molecule has 266 valence electrons. The summed E-state index contributed by atoms with van der Waals surface area (Å²) in [6, 6.07) is 4.43. The smallest absolute Gasteiger partial charge is 0.259 e. The number of carbonyl (C=O) groups excluding carboxylic acids is 3. The molecular weight excluding hydrogens is 716 g/mol. The number of methoxy groups -OCH3 is 1. The van der Waals surface area contributed by atoms with Gasteiger partial charge in [-0.25, -0.2) is 13.4 Å². The van der Waals surface area contributed by atoms with Crippen molar-refractivity contribution < 1.29 is 37.0 Å². The molecule has 3 amide bonds. The molecule has 5 atom stereocenters. The number of nitrogens with zero attached hydrogens (tertiary/aromatic N) is 2. The van der Waals surface area contributed by atoms with Crippen LogP contribution in [0.3, 0.4) is 0 Å². The number of nitrogens with one attached hydrogen (secondary N) is 2. The second kappa shape index (κ2) is 14.1. The second-order valence-corrected chi connectivity index (χ2v) is 16.8. The summed E-state index contributed by atoms with van der Waals surface area (Å²) in [7, 11) is -2.26. The number of amides is 3. The third-order valence-electron chi connectivity index (χ3n) is 9.80. The first-order chi connectivity index (χ1) is 23.3. The SMILES string of the molecule is COc1ccc2c(O[C@@H]3C[C@H]4C(=O)N[C@]5(C(=O)NS(=O)(=O)C6CC6)C[C@H]5/C=C\CCCCC[C@H](C)C(=O)N4C3)cc(OC(C)C)nc2c1Br. The number of allylic oxidation sites excluding steroid dienone is 1. The van der Waals surface area contributed by atoms with E-state index in [1.54, 1.807) is 24.1 Å². The maximum atomic E-state index is 14.2. The molecule has 3 fully saturated rings. The number of benzene rings is 1. The van der Waals surface area contributed by atoms with Crippen LogP contribution in [0, 0.1) is 11.8 Å². The maximum Gasteiger partial charge on any atom is 0.259 e. The molecule has 1 saturated heterocycles. The van der Waals surface area contributed by atoms with Gasteiger partial charge in [-0.05, 0) is 80.4 Å². The van der Waals surface area contributed by atoms with E-state index in [2.05, 4.69) is 31.0 Å². The highest BCUT2D eigenvalue weighted by Crippen LogP contribution is 2.46. The van der Waals surface area contributed by atoms with Crippen molar-refractivity contribution in [2.24, 2.45) is 11.8 Å². The van der Waals surface area contributed by atoms with Crippen LogP contribution in [-0.4, -0.2) is 78.7 Å². The molecule has 1 aromatic heterocycles. The van der Waals surface area contributed by atoms with Gasteiger partial charge in [0, 0.05) is 29.7 Å². The molecular formula is C35H45BrN4O8S. The van der Waals surface area contributed by atoms with Crippen molar-refractivity contribution in [2.45, 2.75) is 108 Å². The van der Waals surface area contributed by atoms with Crippen LogP contribution in [0.25, 0.3) is 10.9 Å². The lowest BCUT2D eigenvalue weighted by Gasteiger charge is -2.28. The molecule has 2 aliphatic heterocycles. The van der Waals surface area contributed by atoms with Gasteiger partial charge in [0.15, 0.2) is 0 Å². The van der Waals surface area contributed by atoms with Crippen molar-refractivity contribution in [3.63, 3.8) is 0 Å². The fourth-order valence-corrected chi connectivity index (χ4v) is 8.78. The van der Waals surface area contributed by atoms with Crippen molar-refractivity contribution in [3.8, 4) is 17.4 Å². The lowest BCUT2D eigenvalue weighted by Crippen LogP contribution is -2.57. The van der Waals surface area contributed by atoms with Crippen LogP contribution in [0.1, 0.15) is 78.6 Å². The van der Waals surface area contributed by atoms with Gasteiger partial charge >= 0.3 is 0 Å². The molecule has 2 N–H and O–H groups in total. The highest BCUT2D eigenvalue weighted by Gasteiger charge is 2.62. The lowest BCUT2D eigenvalue weighted by molar-refractivity contribution is -0.142. The summed E-state index contributed by atoms with van der Waals surface area (Å²) in [5.41, 5.74) is -0.838. The van der Waals surface area contributed by atoms with E-state index in [0.29, 0.717) is 52.0 Å². The van der Waals surface area contributed by atoms with E-state index in [0.717, 1.165) is 25.7 Å². The highest BCUT2D eigenvalue weighted by molar-refractivity contribution is 9.10. The Balaban J connectivity index is 1.31. The van der Waals surface area contributed by atoms with Gasteiger partial charge in [0.05, 0.1) is 35.0 Å². The summed E-state index contributed by atoms with van der Waals surface area (Å²) in [5, 5.41) is 3.03. The number of rotatable bonds is 8. The number of aromatic nitrogens is 1. The fourth-order valence-electron chi connectivity index (χ4n) is 6.82. The number of pyridine rings is 1. The standard InChI is InChI=1S/C35H45BrN4O8S/c1-20(2)47-29-17-28(25-14-15-27(46-4)30(36)31(25)37-29)48-23-16-26-32(41)38-35(34(43)39-49(44,45)24-12-13-24)18-22(35)11-9-7-5-6-8-10-21(3)33(42)40(26)19-23/h9,11,14-15,17,20-24,26H,5-8,10,12-13,16,18-19H2,1-4H3,(H,38,41)(H,39,43)/b11-9-/t21-,22+,23+,26-,35+/m0/s1. The zero-order valence-electron chi connectivity index (χ0n) is 28.4. The summed E-state index contributed by atoms with van der Waals surface area (Å²) >= 11 is 3.60. The van der Waals surface area contributed by atoms with E-state index in [1.807, 2.05) is 39.0 Å². The number of sulfonamides is 1. The Morgan fingerprint density at radius 1 is 1.14 bits per heavy atom. The molecule has 2 saturated carbocycles. The van der Waals surface area contributed by atoms with Gasteiger partial charge in [-0.1, -0.05) is 31.9 Å². The number of halogens is 1. The van der Waals surface area contributed by atoms with Gasteiger partial charge in [0.25, 0.3) is 5.91 Å². The molecule has 6 rings (SSSR count). The highest BCUT2D eigenvalue weighted by atomic mass is 79.9. The molecule has 0 radical (unpaired) electrons. The van der Waals surface area contributed by atoms with Crippen molar-refractivity contribution in [3.05, 3.63) is 34.8 Å². The fraction of sp³-hybridized carbons (Fsp3) is 0.600. The van der Waals surface area contributed by atoms with Crippen LogP contribution in [0.15, 0.2) is 34.8 Å². The van der Waals surface area contributed by atoms with E-state index >= 15 is 0 Å². The van der Waals surface area contributed by atoms with Crippen LogP contribution < -0.4 is 24.2 Å². The summed E-state index contributed by atoms with van der Waals surface area (Å²) in [6.45, 7) is 5.83. The third kappa shape index (κ3) is 7.54. The van der Waals surface area contributed by atoms with Crippen molar-refractivity contribution in [1.82, 2.24) is 19.9 Å². The first-order valence-electron chi connectivity index (χ1n) is 17.2. The number of hydrogen-bond acceptors (Lipinski definition) is 9. The third-order valence-corrected chi connectivity index (χ3v) is 12.4. The van der Waals surface area contributed by atoms with Crippen LogP contribution in [0.5, 0.6) is 17.4 Å².